The predicted molar refractivity (Wildman–Crippen MR) is 42.2 cm³/mol. The van der Waals surface area contributed by atoms with Gasteiger partial charge in [-0.15, -0.1) is 0 Å². The summed E-state index contributed by atoms with van der Waals surface area (Å²) in [6, 6.07) is 0. The third kappa shape index (κ3) is 1.90. The second-order valence-corrected chi connectivity index (χ2v) is 3.40. The van der Waals surface area contributed by atoms with Crippen LogP contribution < -0.4 is 0 Å². The van der Waals surface area contributed by atoms with Crippen LogP contribution in [0.15, 0.2) is 0 Å². The number of epoxide rings is 1. The topological polar surface area (TPSA) is 12.5 Å². The Bertz CT molecular complexity index is 74.9. The van der Waals surface area contributed by atoms with Gasteiger partial charge in [0.1, 0.15) is 4.11 Å². The van der Waals surface area contributed by atoms with Crippen molar-refractivity contribution < 1.29 is 4.74 Å². The zero-order valence-corrected chi connectivity index (χ0v) is 7.22. The number of hydrogen-bond acceptors (Lipinski definition) is 1. The van der Waals surface area contributed by atoms with Gasteiger partial charge < -0.3 is 4.74 Å². The molecule has 0 saturated carbocycles. The van der Waals surface area contributed by atoms with Crippen molar-refractivity contribution in [1.29, 1.82) is 0 Å². The fourth-order valence-electron chi connectivity index (χ4n) is 0.726. The lowest BCUT2D eigenvalue weighted by Crippen LogP contribution is -1.85. The van der Waals surface area contributed by atoms with Crippen molar-refractivity contribution in [3.8, 4) is 0 Å². The summed E-state index contributed by atoms with van der Waals surface area (Å²) in [6.07, 6.45) is 4.49. The maximum Gasteiger partial charge on any atom is 0.135 e. The van der Waals surface area contributed by atoms with Crippen LogP contribution in [0, 0.1) is 0 Å². The number of ether oxygens (including phenoxy) is 1. The smallest absolute Gasteiger partial charge is 0.135 e. The van der Waals surface area contributed by atoms with Crippen molar-refractivity contribution in [1.82, 2.24) is 0 Å². The lowest BCUT2D eigenvalue weighted by molar-refractivity contribution is 0.387. The van der Waals surface area contributed by atoms with E-state index in [1.165, 1.54) is 19.3 Å². The van der Waals surface area contributed by atoms with Gasteiger partial charge in [0.2, 0.25) is 0 Å². The number of hydrogen-bond donors (Lipinski definition) is 0. The fourth-order valence-corrected chi connectivity index (χ4v) is 1.46. The van der Waals surface area contributed by atoms with E-state index in [1.807, 2.05) is 0 Å². The number of unbranched alkanes of at least 4 members (excludes halogenated alkanes) is 1. The van der Waals surface area contributed by atoms with Gasteiger partial charge in [-0.1, -0.05) is 19.8 Å². The van der Waals surface area contributed by atoms with E-state index in [0.717, 1.165) is 0 Å². The van der Waals surface area contributed by atoms with Crippen LogP contribution in [-0.2, 0) is 4.74 Å². The normalized spacial score (nSPS) is 35.2. The molecule has 8 heavy (non-hydrogen) atoms. The van der Waals surface area contributed by atoms with Gasteiger partial charge in [-0.25, -0.2) is 0 Å². The molecule has 0 spiro atoms. The molecule has 1 saturated heterocycles. The highest BCUT2D eigenvalue weighted by atomic mass is 127. The predicted octanol–water partition coefficient (Wildman–Crippen LogP) is 2.34. The molecule has 1 rings (SSSR count). The molecule has 2 unspecified atom stereocenters. The van der Waals surface area contributed by atoms with Gasteiger partial charge in [0.25, 0.3) is 0 Å². The Morgan fingerprint density at radius 1 is 1.62 bits per heavy atom. The molecular formula is C6H11IO. The van der Waals surface area contributed by atoms with Crippen molar-refractivity contribution in [3.63, 3.8) is 0 Å². The van der Waals surface area contributed by atoms with E-state index >= 15 is 0 Å². The Kier molecular flexibility index (Phi) is 2.56. The van der Waals surface area contributed by atoms with Crippen LogP contribution in [0.3, 0.4) is 0 Å². The summed E-state index contributed by atoms with van der Waals surface area (Å²) in [6.45, 7) is 2.21. The molecule has 0 bridgehead atoms. The third-order valence-electron chi connectivity index (χ3n) is 1.36. The van der Waals surface area contributed by atoms with E-state index < -0.39 is 0 Å². The van der Waals surface area contributed by atoms with Gasteiger partial charge in [-0.3, -0.25) is 0 Å². The van der Waals surface area contributed by atoms with Crippen molar-refractivity contribution in [2.24, 2.45) is 0 Å². The number of alkyl halides is 1. The minimum absolute atomic E-state index is 0.541. The van der Waals surface area contributed by atoms with Crippen molar-refractivity contribution >= 4 is 22.6 Å². The van der Waals surface area contributed by atoms with Crippen molar-refractivity contribution in [3.05, 3.63) is 0 Å². The summed E-state index contributed by atoms with van der Waals surface area (Å²) < 4.78 is 5.75. The lowest BCUT2D eigenvalue weighted by atomic mass is 10.2. The molecule has 0 radical (unpaired) electrons. The summed E-state index contributed by atoms with van der Waals surface area (Å²) in [5.74, 6) is 0. The van der Waals surface area contributed by atoms with Crippen LogP contribution in [0.25, 0.3) is 0 Å². The Morgan fingerprint density at radius 2 is 2.25 bits per heavy atom. The molecule has 1 nitrogen and oxygen atoms in total. The summed E-state index contributed by atoms with van der Waals surface area (Å²) in [7, 11) is 0. The van der Waals surface area contributed by atoms with E-state index in [2.05, 4.69) is 29.5 Å². The zero-order chi connectivity index (χ0) is 5.98. The van der Waals surface area contributed by atoms with E-state index in [0.29, 0.717) is 10.2 Å². The first-order valence-corrected chi connectivity index (χ1v) is 4.38. The molecular weight excluding hydrogens is 215 g/mol. The molecule has 0 aromatic heterocycles. The standard InChI is InChI=1S/C6H11IO/c1-2-3-4-5-6(7)8-5/h5-6H,2-4H2,1H3. The average Bonchev–Trinajstić information content (AvgIpc) is 2.42. The van der Waals surface area contributed by atoms with E-state index in [1.54, 1.807) is 0 Å². The molecule has 0 aromatic carbocycles. The van der Waals surface area contributed by atoms with E-state index in [-0.39, 0.29) is 0 Å². The molecule has 1 fully saturated rings. The highest BCUT2D eigenvalue weighted by Crippen LogP contribution is 2.31. The third-order valence-corrected chi connectivity index (χ3v) is 2.46. The Morgan fingerprint density at radius 3 is 2.62 bits per heavy atom. The van der Waals surface area contributed by atoms with Crippen LogP contribution in [0.2, 0.25) is 0 Å². The second kappa shape index (κ2) is 3.01. The monoisotopic (exact) mass is 226 g/mol. The van der Waals surface area contributed by atoms with E-state index in [9.17, 15) is 0 Å². The summed E-state index contributed by atoms with van der Waals surface area (Å²) in [5, 5.41) is 0. The molecule has 48 valence electrons. The average molecular weight is 226 g/mol. The van der Waals surface area contributed by atoms with Gasteiger partial charge in [0.05, 0.1) is 6.10 Å². The number of halogens is 1. The minimum atomic E-state index is 0.541. The quantitative estimate of drug-likeness (QED) is 0.408. The first-order chi connectivity index (χ1) is 3.84. The summed E-state index contributed by atoms with van der Waals surface area (Å²) in [5.41, 5.74) is 0. The molecule has 1 aliphatic heterocycles. The highest BCUT2D eigenvalue weighted by Gasteiger charge is 2.34. The van der Waals surface area contributed by atoms with Gasteiger partial charge >= 0.3 is 0 Å². The minimum Gasteiger partial charge on any atom is -0.358 e. The maximum absolute atomic E-state index is 5.21. The Hall–Kier alpha value is 0.690. The van der Waals surface area contributed by atoms with Crippen molar-refractivity contribution in [2.75, 3.05) is 0 Å². The van der Waals surface area contributed by atoms with Gasteiger partial charge in [-0.2, -0.15) is 0 Å². The molecule has 0 aliphatic carbocycles. The van der Waals surface area contributed by atoms with Crippen LogP contribution in [0.4, 0.5) is 0 Å². The molecule has 0 N–H and O–H groups in total. The molecule has 1 aliphatic rings. The molecule has 0 amide bonds. The van der Waals surface area contributed by atoms with Crippen LogP contribution in [0.5, 0.6) is 0 Å². The van der Waals surface area contributed by atoms with Crippen molar-refractivity contribution in [2.45, 2.75) is 36.4 Å². The lowest BCUT2D eigenvalue weighted by Gasteiger charge is -1.87. The maximum atomic E-state index is 5.21. The SMILES string of the molecule is CCCCC1OC1I. The van der Waals surface area contributed by atoms with Gasteiger partial charge in [-0.05, 0) is 29.0 Å². The first kappa shape index (κ1) is 6.81. The Labute approximate surface area is 63.9 Å². The molecule has 2 heteroatoms. The Balaban J connectivity index is 1.89. The van der Waals surface area contributed by atoms with E-state index in [4.69, 9.17) is 4.74 Å². The molecule has 0 aromatic rings. The summed E-state index contributed by atoms with van der Waals surface area (Å²) >= 11 is 2.33. The first-order valence-electron chi connectivity index (χ1n) is 3.14. The van der Waals surface area contributed by atoms with Crippen LogP contribution in [-0.4, -0.2) is 10.2 Å². The van der Waals surface area contributed by atoms with Gasteiger partial charge in [0, 0.05) is 0 Å². The summed E-state index contributed by atoms with van der Waals surface area (Å²) in [4.78, 5) is 0. The van der Waals surface area contributed by atoms with Gasteiger partial charge in [0.15, 0.2) is 0 Å². The zero-order valence-electron chi connectivity index (χ0n) is 5.06. The fraction of sp³-hybridized carbons (Fsp3) is 1.00. The highest BCUT2D eigenvalue weighted by molar-refractivity contribution is 14.1. The number of rotatable bonds is 3. The molecule has 1 heterocycles. The van der Waals surface area contributed by atoms with Crippen LogP contribution in [0.1, 0.15) is 26.2 Å². The largest absolute Gasteiger partial charge is 0.358 e. The second-order valence-electron chi connectivity index (χ2n) is 2.17. The van der Waals surface area contributed by atoms with Crippen LogP contribution >= 0.6 is 22.6 Å². The molecule has 2 atom stereocenters.